The van der Waals surface area contributed by atoms with Gasteiger partial charge in [-0.25, -0.2) is 14.6 Å². The fourth-order valence-electron chi connectivity index (χ4n) is 4.06. The number of hydrogen-bond donors (Lipinski definition) is 2. The van der Waals surface area contributed by atoms with Gasteiger partial charge in [0.2, 0.25) is 0 Å². The summed E-state index contributed by atoms with van der Waals surface area (Å²) < 4.78 is 1.86. The molecule has 0 bridgehead atoms. The summed E-state index contributed by atoms with van der Waals surface area (Å²) >= 11 is 1.54. The summed E-state index contributed by atoms with van der Waals surface area (Å²) in [6.07, 6.45) is 1.64. The van der Waals surface area contributed by atoms with Crippen molar-refractivity contribution < 1.29 is 14.7 Å². The molecule has 0 aliphatic carbocycles. The van der Waals surface area contributed by atoms with E-state index in [9.17, 15) is 14.7 Å². The molecule has 3 rings (SSSR count). The predicted molar refractivity (Wildman–Crippen MR) is 142 cm³/mol. The van der Waals surface area contributed by atoms with Crippen molar-refractivity contribution in [2.24, 2.45) is 5.41 Å². The fraction of sp³-hybridized carbons (Fsp3) is 0.444. The predicted octanol–water partition coefficient (Wildman–Crippen LogP) is 5.81. The van der Waals surface area contributed by atoms with Crippen LogP contribution in [-0.4, -0.2) is 50.4 Å². The second-order valence-electron chi connectivity index (χ2n) is 9.70. The molecule has 0 saturated carbocycles. The highest BCUT2D eigenvalue weighted by molar-refractivity contribution is 7.99. The third-order valence-electron chi connectivity index (χ3n) is 5.71. The number of aromatic nitrogens is 2. The zero-order valence-electron chi connectivity index (χ0n) is 21.0. The number of carboxylic acids is 1. The Morgan fingerprint density at radius 1 is 1.11 bits per heavy atom. The first-order valence-electron chi connectivity index (χ1n) is 12.1. The van der Waals surface area contributed by atoms with E-state index in [1.54, 1.807) is 11.8 Å². The summed E-state index contributed by atoms with van der Waals surface area (Å²) in [6, 6.07) is 16.8. The number of carbonyl (C=O) groups is 2. The monoisotopic (exact) mass is 496 g/mol. The van der Waals surface area contributed by atoms with Crippen LogP contribution < -0.4 is 5.32 Å². The number of fused-ring (bicyclic) bond motifs is 1. The van der Waals surface area contributed by atoms with Crippen molar-refractivity contribution in [1.29, 1.82) is 0 Å². The molecule has 0 spiro atoms. The number of carboxylic acid groups (broad SMARTS) is 1. The molecule has 0 radical (unpaired) electrons. The lowest BCUT2D eigenvalue weighted by molar-refractivity contribution is -0.144. The SMILES string of the molecule is CCCNC(=O)N(CCCSc1nc2ccccc2n1C(C(=O)O)C(C)(C)C)Cc1ccccc1. The number of amides is 2. The Hall–Kier alpha value is -3.00. The van der Waals surface area contributed by atoms with Crippen LogP contribution in [0.1, 0.15) is 52.1 Å². The topological polar surface area (TPSA) is 87.5 Å². The molecule has 8 heteroatoms. The average molecular weight is 497 g/mol. The van der Waals surface area contributed by atoms with Crippen LogP contribution in [0, 0.1) is 5.41 Å². The molecule has 2 N–H and O–H groups in total. The minimum absolute atomic E-state index is 0.0633. The highest BCUT2D eigenvalue weighted by atomic mass is 32.2. The molecule has 2 amide bonds. The zero-order valence-corrected chi connectivity index (χ0v) is 21.8. The number of imidazole rings is 1. The number of rotatable bonds is 11. The molecule has 0 saturated heterocycles. The number of urea groups is 1. The van der Waals surface area contributed by atoms with Crippen molar-refractivity contribution in [3.63, 3.8) is 0 Å². The molecule has 188 valence electrons. The maximum absolute atomic E-state index is 12.7. The smallest absolute Gasteiger partial charge is 0.327 e. The lowest BCUT2D eigenvalue weighted by Crippen LogP contribution is -2.40. The molecule has 2 aromatic carbocycles. The highest BCUT2D eigenvalue weighted by Crippen LogP contribution is 2.37. The number of thioether (sulfide) groups is 1. The first-order valence-corrected chi connectivity index (χ1v) is 13.1. The summed E-state index contributed by atoms with van der Waals surface area (Å²) in [4.78, 5) is 31.6. The van der Waals surface area contributed by atoms with Crippen molar-refractivity contribution >= 4 is 34.8 Å². The van der Waals surface area contributed by atoms with Gasteiger partial charge in [0.1, 0.15) is 6.04 Å². The Kier molecular flexibility index (Phi) is 9.20. The molecule has 1 atom stereocenters. The average Bonchev–Trinajstić information content (AvgIpc) is 3.16. The maximum Gasteiger partial charge on any atom is 0.327 e. The summed E-state index contributed by atoms with van der Waals surface area (Å²) in [7, 11) is 0. The number of nitrogens with zero attached hydrogens (tertiary/aromatic N) is 3. The van der Waals surface area contributed by atoms with Gasteiger partial charge in [-0.15, -0.1) is 0 Å². The standard InChI is InChI=1S/C27H36N4O3S/c1-5-16-28-25(34)30(19-20-12-7-6-8-13-20)17-11-18-35-26-29-21-14-9-10-15-22(21)31(26)23(24(32)33)27(2,3)4/h6-10,12-15,23H,5,11,16-19H2,1-4H3,(H,28,34)(H,32,33). The molecule has 0 aliphatic heterocycles. The number of nitrogens with one attached hydrogen (secondary N) is 1. The van der Waals surface area contributed by atoms with Gasteiger partial charge < -0.3 is 19.9 Å². The minimum Gasteiger partial charge on any atom is -0.480 e. The van der Waals surface area contributed by atoms with E-state index in [-0.39, 0.29) is 6.03 Å². The molecule has 35 heavy (non-hydrogen) atoms. The molecule has 3 aromatic rings. The van der Waals surface area contributed by atoms with Crippen LogP contribution in [0.4, 0.5) is 4.79 Å². The lowest BCUT2D eigenvalue weighted by Gasteiger charge is -2.30. The summed E-state index contributed by atoms with van der Waals surface area (Å²) in [5.74, 6) is -0.157. The third-order valence-corrected chi connectivity index (χ3v) is 6.75. The van der Waals surface area contributed by atoms with Gasteiger partial charge in [-0.2, -0.15) is 0 Å². The van der Waals surface area contributed by atoms with Gasteiger partial charge in [-0.3, -0.25) is 0 Å². The first-order chi connectivity index (χ1) is 16.7. The molecular weight excluding hydrogens is 460 g/mol. The van der Waals surface area contributed by atoms with E-state index in [1.807, 2.05) is 91.8 Å². The van der Waals surface area contributed by atoms with E-state index in [0.717, 1.165) is 29.4 Å². The highest BCUT2D eigenvalue weighted by Gasteiger charge is 2.35. The van der Waals surface area contributed by atoms with Gasteiger partial charge in [0, 0.05) is 25.4 Å². The van der Waals surface area contributed by atoms with Crippen LogP contribution in [0.15, 0.2) is 59.8 Å². The normalized spacial score (nSPS) is 12.5. The summed E-state index contributed by atoms with van der Waals surface area (Å²) in [6.45, 7) is 9.63. The van der Waals surface area contributed by atoms with E-state index >= 15 is 0 Å². The van der Waals surface area contributed by atoms with Gasteiger partial charge in [0.05, 0.1) is 11.0 Å². The number of benzene rings is 2. The Labute approximate surface area is 211 Å². The van der Waals surface area contributed by atoms with Gasteiger partial charge in [0.25, 0.3) is 0 Å². The lowest BCUT2D eigenvalue weighted by atomic mass is 9.86. The molecular formula is C27H36N4O3S. The first kappa shape index (κ1) is 26.6. The Balaban J connectivity index is 1.74. The van der Waals surface area contributed by atoms with E-state index in [2.05, 4.69) is 5.32 Å². The Morgan fingerprint density at radius 3 is 2.46 bits per heavy atom. The molecule has 7 nitrogen and oxygen atoms in total. The van der Waals surface area contributed by atoms with Crippen LogP contribution in [-0.2, 0) is 11.3 Å². The van der Waals surface area contributed by atoms with E-state index < -0.39 is 17.4 Å². The van der Waals surface area contributed by atoms with Crippen LogP contribution in [0.25, 0.3) is 11.0 Å². The Bertz CT molecular complexity index is 1120. The number of para-hydroxylation sites is 2. The van der Waals surface area contributed by atoms with Crippen LogP contribution in [0.5, 0.6) is 0 Å². The van der Waals surface area contributed by atoms with Gasteiger partial charge in [-0.05, 0) is 36.0 Å². The van der Waals surface area contributed by atoms with E-state index in [4.69, 9.17) is 4.98 Å². The van der Waals surface area contributed by atoms with Gasteiger partial charge >= 0.3 is 12.0 Å². The van der Waals surface area contributed by atoms with Crippen molar-refractivity contribution in [1.82, 2.24) is 19.8 Å². The third kappa shape index (κ3) is 7.01. The molecule has 1 heterocycles. The van der Waals surface area contributed by atoms with Crippen LogP contribution >= 0.6 is 11.8 Å². The Morgan fingerprint density at radius 2 is 1.80 bits per heavy atom. The van der Waals surface area contributed by atoms with Crippen molar-refractivity contribution in [3.05, 3.63) is 60.2 Å². The quantitative estimate of drug-likeness (QED) is 0.258. The van der Waals surface area contributed by atoms with E-state index in [0.29, 0.717) is 30.5 Å². The molecule has 0 fully saturated rings. The summed E-state index contributed by atoms with van der Waals surface area (Å²) in [5, 5.41) is 13.7. The zero-order chi connectivity index (χ0) is 25.4. The molecule has 1 aromatic heterocycles. The second kappa shape index (κ2) is 12.1. The van der Waals surface area contributed by atoms with Crippen LogP contribution in [0.3, 0.4) is 0 Å². The maximum atomic E-state index is 12.7. The summed E-state index contributed by atoms with van der Waals surface area (Å²) in [5.41, 5.74) is 2.20. The molecule has 1 unspecified atom stereocenters. The van der Waals surface area contributed by atoms with Crippen molar-refractivity contribution in [3.8, 4) is 0 Å². The van der Waals surface area contributed by atoms with Gasteiger partial charge in [0.15, 0.2) is 5.16 Å². The molecule has 0 aliphatic rings. The van der Waals surface area contributed by atoms with E-state index in [1.165, 1.54) is 0 Å². The fourth-order valence-corrected chi connectivity index (χ4v) is 5.02. The van der Waals surface area contributed by atoms with Gasteiger partial charge in [-0.1, -0.05) is 81.9 Å². The second-order valence-corrected chi connectivity index (χ2v) is 10.8. The minimum atomic E-state index is -0.871. The number of hydrogen-bond acceptors (Lipinski definition) is 4. The largest absolute Gasteiger partial charge is 0.480 e. The number of carbonyl (C=O) groups excluding carboxylic acids is 1. The van der Waals surface area contributed by atoms with Crippen LogP contribution in [0.2, 0.25) is 0 Å². The number of aliphatic carboxylic acids is 1. The van der Waals surface area contributed by atoms with Crippen molar-refractivity contribution in [2.75, 3.05) is 18.8 Å². The van der Waals surface area contributed by atoms with Crippen molar-refractivity contribution in [2.45, 2.75) is 58.3 Å².